The molecular weight excluding hydrogens is 392 g/mol. The summed E-state index contributed by atoms with van der Waals surface area (Å²) in [6.07, 6.45) is 2.95. The molecular formula is C21H25ClN4O3. The Morgan fingerprint density at radius 2 is 1.83 bits per heavy atom. The number of likely N-dealkylation sites (tertiary alicyclic amines) is 2. The van der Waals surface area contributed by atoms with Gasteiger partial charge in [0.25, 0.3) is 11.5 Å². The second-order valence-corrected chi connectivity index (χ2v) is 8.80. The van der Waals surface area contributed by atoms with Crippen LogP contribution in [0.15, 0.2) is 40.1 Å². The number of halogens is 1. The number of nitrogens with zero attached hydrogens (tertiary/aromatic N) is 2. The van der Waals surface area contributed by atoms with E-state index < -0.39 is 11.2 Å². The van der Waals surface area contributed by atoms with E-state index >= 15 is 0 Å². The van der Waals surface area contributed by atoms with Crippen LogP contribution in [0.25, 0.3) is 0 Å². The molecule has 1 unspecified atom stereocenters. The van der Waals surface area contributed by atoms with Gasteiger partial charge in [-0.15, -0.1) is 0 Å². The van der Waals surface area contributed by atoms with E-state index in [0.29, 0.717) is 25.2 Å². The molecule has 0 bridgehead atoms. The van der Waals surface area contributed by atoms with E-state index in [-0.39, 0.29) is 16.9 Å². The van der Waals surface area contributed by atoms with Crippen molar-refractivity contribution in [3.8, 4) is 0 Å². The van der Waals surface area contributed by atoms with Crippen molar-refractivity contribution in [3.63, 3.8) is 0 Å². The van der Waals surface area contributed by atoms with Gasteiger partial charge in [0.1, 0.15) is 5.56 Å². The predicted octanol–water partition coefficient (Wildman–Crippen LogP) is 2.40. The van der Waals surface area contributed by atoms with Crippen molar-refractivity contribution in [1.29, 1.82) is 0 Å². The Morgan fingerprint density at radius 1 is 1.17 bits per heavy atom. The fourth-order valence-corrected chi connectivity index (χ4v) is 4.90. The van der Waals surface area contributed by atoms with Crippen molar-refractivity contribution < 1.29 is 4.79 Å². The molecule has 2 saturated heterocycles. The van der Waals surface area contributed by atoms with Gasteiger partial charge >= 0.3 is 5.69 Å². The molecule has 1 amide bonds. The van der Waals surface area contributed by atoms with E-state index in [2.05, 4.69) is 40.8 Å². The number of carbonyl (C=O) groups excluding carboxylic acids is 1. The molecule has 29 heavy (non-hydrogen) atoms. The number of nitrogens with one attached hydrogen (secondary N) is 2. The van der Waals surface area contributed by atoms with Crippen molar-refractivity contribution in [2.45, 2.75) is 38.8 Å². The topological polar surface area (TPSA) is 89.3 Å². The van der Waals surface area contributed by atoms with Gasteiger partial charge in [-0.2, -0.15) is 0 Å². The highest BCUT2D eigenvalue weighted by molar-refractivity contribution is 6.30. The van der Waals surface area contributed by atoms with Gasteiger partial charge in [-0.25, -0.2) is 4.79 Å². The summed E-state index contributed by atoms with van der Waals surface area (Å²) < 4.78 is 0. The monoisotopic (exact) mass is 416 g/mol. The third kappa shape index (κ3) is 3.53. The molecule has 1 spiro atoms. The molecule has 7 nitrogen and oxygen atoms in total. The number of carbonyl (C=O) groups is 1. The summed E-state index contributed by atoms with van der Waals surface area (Å²) in [7, 11) is 0. The summed E-state index contributed by atoms with van der Waals surface area (Å²) in [5, 5.41) is 0.727. The Morgan fingerprint density at radius 3 is 2.41 bits per heavy atom. The van der Waals surface area contributed by atoms with E-state index in [1.165, 1.54) is 11.8 Å². The highest BCUT2D eigenvalue weighted by Gasteiger charge is 2.54. The molecule has 0 aliphatic carbocycles. The van der Waals surface area contributed by atoms with Crippen molar-refractivity contribution in [2.24, 2.45) is 5.41 Å². The average Bonchev–Trinajstić information content (AvgIpc) is 2.67. The average molecular weight is 417 g/mol. The van der Waals surface area contributed by atoms with E-state index in [9.17, 15) is 14.4 Å². The highest BCUT2D eigenvalue weighted by Crippen LogP contribution is 2.55. The first-order valence-electron chi connectivity index (χ1n) is 9.93. The number of aromatic nitrogens is 2. The number of hydrogen-bond acceptors (Lipinski definition) is 4. The zero-order valence-electron chi connectivity index (χ0n) is 16.6. The maximum Gasteiger partial charge on any atom is 0.325 e. The Balaban J connectivity index is 1.52. The lowest BCUT2D eigenvalue weighted by Gasteiger charge is -2.62. The summed E-state index contributed by atoms with van der Waals surface area (Å²) in [6.45, 7) is 6.59. The standard InChI is InChI=1S/C21H25ClN4O3/c1-13(2)26-12-21(17(26)14-3-5-15(22)6-4-14)7-9-25(10-8-21)19(28)16-11-23-20(29)24-18(16)27/h3-6,11,13,17H,7-10,12H2,1-2H3,(H2,23,24,27,29). The van der Waals surface area contributed by atoms with Gasteiger partial charge in [0.15, 0.2) is 0 Å². The van der Waals surface area contributed by atoms with Crippen LogP contribution >= 0.6 is 11.6 Å². The number of piperidine rings is 1. The predicted molar refractivity (Wildman–Crippen MR) is 111 cm³/mol. The summed E-state index contributed by atoms with van der Waals surface area (Å²) in [6, 6.07) is 8.79. The molecule has 4 rings (SSSR count). The molecule has 1 aromatic carbocycles. The van der Waals surface area contributed by atoms with Crippen LogP contribution in [0.3, 0.4) is 0 Å². The second kappa shape index (κ2) is 7.46. The fourth-order valence-electron chi connectivity index (χ4n) is 4.78. The summed E-state index contributed by atoms with van der Waals surface area (Å²) >= 11 is 6.08. The normalized spacial score (nSPS) is 21.4. The van der Waals surface area contributed by atoms with Crippen molar-refractivity contribution in [2.75, 3.05) is 19.6 Å². The molecule has 2 aliphatic heterocycles. The smallest absolute Gasteiger partial charge is 0.325 e. The zero-order chi connectivity index (χ0) is 20.8. The minimum atomic E-state index is -0.646. The lowest BCUT2D eigenvalue weighted by Crippen LogP contribution is -2.64. The molecule has 1 atom stereocenters. The molecule has 3 heterocycles. The first kappa shape index (κ1) is 19.9. The Kier molecular flexibility index (Phi) is 5.12. The second-order valence-electron chi connectivity index (χ2n) is 8.36. The number of hydrogen-bond donors (Lipinski definition) is 2. The van der Waals surface area contributed by atoms with Crippen LogP contribution in [0, 0.1) is 5.41 Å². The van der Waals surface area contributed by atoms with Crippen molar-refractivity contribution in [1.82, 2.24) is 19.8 Å². The molecule has 0 saturated carbocycles. The van der Waals surface area contributed by atoms with Gasteiger partial charge in [0, 0.05) is 48.4 Å². The molecule has 2 aromatic rings. The summed E-state index contributed by atoms with van der Waals surface area (Å²) in [5.41, 5.74) is 0.0936. The van der Waals surface area contributed by atoms with Crippen molar-refractivity contribution in [3.05, 3.63) is 67.4 Å². The maximum atomic E-state index is 12.8. The molecule has 8 heteroatoms. The Labute approximate surface area is 173 Å². The molecule has 2 N–H and O–H groups in total. The van der Waals surface area contributed by atoms with Gasteiger partial charge < -0.3 is 9.88 Å². The molecule has 154 valence electrons. The summed E-state index contributed by atoms with van der Waals surface area (Å²) in [5.74, 6) is -0.333. The third-order valence-corrected chi connectivity index (χ3v) is 6.61. The molecule has 0 radical (unpaired) electrons. The van der Waals surface area contributed by atoms with Gasteiger partial charge in [-0.3, -0.25) is 19.5 Å². The van der Waals surface area contributed by atoms with Crippen LogP contribution in [0.1, 0.15) is 48.7 Å². The number of aromatic amines is 2. The number of H-pyrrole nitrogens is 2. The lowest BCUT2D eigenvalue weighted by molar-refractivity contribution is -0.124. The minimum Gasteiger partial charge on any atom is -0.338 e. The quantitative estimate of drug-likeness (QED) is 0.804. The lowest BCUT2D eigenvalue weighted by atomic mass is 9.62. The van der Waals surface area contributed by atoms with Crippen LogP contribution in [-0.2, 0) is 0 Å². The maximum absolute atomic E-state index is 12.8. The van der Waals surface area contributed by atoms with Gasteiger partial charge in [-0.05, 0) is 44.4 Å². The Bertz CT molecular complexity index is 1020. The van der Waals surface area contributed by atoms with E-state index in [1.54, 1.807) is 4.90 Å². The van der Waals surface area contributed by atoms with Crippen LogP contribution in [-0.4, -0.2) is 51.4 Å². The van der Waals surface area contributed by atoms with Crippen LogP contribution in [0.2, 0.25) is 5.02 Å². The highest BCUT2D eigenvalue weighted by atomic mass is 35.5. The van der Waals surface area contributed by atoms with Gasteiger partial charge in [0.05, 0.1) is 0 Å². The minimum absolute atomic E-state index is 0.0211. The molecule has 2 aliphatic rings. The van der Waals surface area contributed by atoms with Crippen LogP contribution in [0.4, 0.5) is 0 Å². The SMILES string of the molecule is CC(C)N1CC2(CCN(C(=O)c3c[nH]c(=O)[nH]c3=O)CC2)C1c1ccc(Cl)cc1. The largest absolute Gasteiger partial charge is 0.338 e. The van der Waals surface area contributed by atoms with Gasteiger partial charge in [0.2, 0.25) is 0 Å². The first-order chi connectivity index (χ1) is 13.8. The number of rotatable bonds is 3. The molecule has 1 aromatic heterocycles. The zero-order valence-corrected chi connectivity index (χ0v) is 17.3. The van der Waals surface area contributed by atoms with Gasteiger partial charge in [-0.1, -0.05) is 23.7 Å². The first-order valence-corrected chi connectivity index (χ1v) is 10.3. The van der Waals surface area contributed by atoms with Crippen molar-refractivity contribution >= 4 is 17.5 Å². The fraction of sp³-hybridized carbons (Fsp3) is 0.476. The summed E-state index contributed by atoms with van der Waals surface area (Å²) in [4.78, 5) is 44.6. The number of benzene rings is 1. The van der Waals surface area contributed by atoms with E-state index in [1.807, 2.05) is 12.1 Å². The third-order valence-electron chi connectivity index (χ3n) is 6.35. The van der Waals surface area contributed by atoms with Crippen LogP contribution < -0.4 is 11.2 Å². The molecule has 2 fully saturated rings. The van der Waals surface area contributed by atoms with Crippen LogP contribution in [0.5, 0.6) is 0 Å². The van der Waals surface area contributed by atoms with E-state index in [4.69, 9.17) is 11.6 Å². The Hall–Kier alpha value is -2.38. The number of amides is 1. The van der Waals surface area contributed by atoms with E-state index in [0.717, 1.165) is 24.4 Å².